The lowest BCUT2D eigenvalue weighted by molar-refractivity contribution is -0.274. The van der Waals surface area contributed by atoms with Crippen LogP contribution in [0.1, 0.15) is 17.2 Å². The summed E-state index contributed by atoms with van der Waals surface area (Å²) in [5, 5.41) is 12.9. The molecule has 2 aromatic rings. The van der Waals surface area contributed by atoms with Gasteiger partial charge in [0.1, 0.15) is 5.75 Å². The van der Waals surface area contributed by atoms with Crippen molar-refractivity contribution < 1.29 is 23.0 Å². The minimum atomic E-state index is -4.72. The van der Waals surface area contributed by atoms with Crippen molar-refractivity contribution in [3.63, 3.8) is 0 Å². The maximum absolute atomic E-state index is 12.3. The van der Waals surface area contributed by atoms with E-state index in [9.17, 15) is 18.3 Å². The molecule has 3 nitrogen and oxygen atoms in total. The lowest BCUT2D eigenvalue weighted by atomic mass is 10.1. The average Bonchev–Trinajstić information content (AvgIpc) is 2.48. The maximum Gasteiger partial charge on any atom is 0.573 e. The third-order valence-electron chi connectivity index (χ3n) is 3.04. The van der Waals surface area contributed by atoms with Crippen molar-refractivity contribution >= 4 is 0 Å². The van der Waals surface area contributed by atoms with Crippen molar-refractivity contribution in [2.75, 3.05) is 6.54 Å². The first kappa shape index (κ1) is 16.3. The van der Waals surface area contributed by atoms with E-state index in [1.54, 1.807) is 24.3 Å². The molecule has 0 aromatic heterocycles. The predicted molar refractivity (Wildman–Crippen MR) is 76.2 cm³/mol. The summed E-state index contributed by atoms with van der Waals surface area (Å²) in [6.07, 6.45) is -5.45. The lowest BCUT2D eigenvalue weighted by Gasteiger charge is -2.15. The standard InChI is InChI=1S/C16H16F3NO2/c17-16(18,19)22-15-9-5-4-8-13(15)10-20-11-14(21)12-6-2-1-3-7-12/h1-9,14,20-21H,10-11H2/t14-/m0/s1. The molecule has 0 radical (unpaired) electrons. The molecule has 0 unspecified atom stereocenters. The van der Waals surface area contributed by atoms with Crippen molar-refractivity contribution in [1.82, 2.24) is 5.32 Å². The van der Waals surface area contributed by atoms with E-state index in [4.69, 9.17) is 0 Å². The third-order valence-corrected chi connectivity index (χ3v) is 3.04. The second-order valence-corrected chi connectivity index (χ2v) is 4.71. The number of hydrogen-bond donors (Lipinski definition) is 2. The summed E-state index contributed by atoms with van der Waals surface area (Å²) in [6, 6.07) is 14.9. The van der Waals surface area contributed by atoms with Gasteiger partial charge in [0.15, 0.2) is 0 Å². The molecule has 6 heteroatoms. The molecule has 118 valence electrons. The monoisotopic (exact) mass is 311 g/mol. The molecule has 0 fully saturated rings. The van der Waals surface area contributed by atoms with E-state index < -0.39 is 12.5 Å². The molecule has 2 N–H and O–H groups in total. The van der Waals surface area contributed by atoms with E-state index in [1.807, 2.05) is 18.2 Å². The van der Waals surface area contributed by atoms with Gasteiger partial charge >= 0.3 is 6.36 Å². The van der Waals surface area contributed by atoms with Crippen molar-refractivity contribution in [2.24, 2.45) is 0 Å². The zero-order valence-electron chi connectivity index (χ0n) is 11.7. The van der Waals surface area contributed by atoms with Crippen LogP contribution in [0.15, 0.2) is 54.6 Å². The fourth-order valence-electron chi connectivity index (χ4n) is 2.01. The summed E-state index contributed by atoms with van der Waals surface area (Å²) < 4.78 is 40.9. The first-order valence-electron chi connectivity index (χ1n) is 6.73. The second-order valence-electron chi connectivity index (χ2n) is 4.71. The van der Waals surface area contributed by atoms with Gasteiger partial charge in [-0.25, -0.2) is 0 Å². The minimum absolute atomic E-state index is 0.163. The molecule has 0 aliphatic heterocycles. The number of aliphatic hydroxyl groups excluding tert-OH is 1. The molecule has 0 saturated carbocycles. The highest BCUT2D eigenvalue weighted by molar-refractivity contribution is 5.33. The summed E-state index contributed by atoms with van der Waals surface area (Å²) in [7, 11) is 0. The summed E-state index contributed by atoms with van der Waals surface area (Å²) in [5.41, 5.74) is 1.12. The third kappa shape index (κ3) is 5.05. The summed E-state index contributed by atoms with van der Waals surface area (Å²) in [6.45, 7) is 0.389. The van der Waals surface area contributed by atoms with Crippen LogP contribution in [0.25, 0.3) is 0 Å². The van der Waals surface area contributed by atoms with E-state index >= 15 is 0 Å². The molecule has 0 aliphatic rings. The van der Waals surface area contributed by atoms with Crippen LogP contribution in [-0.4, -0.2) is 18.0 Å². The van der Waals surface area contributed by atoms with Gasteiger partial charge in [-0.15, -0.1) is 13.2 Å². The SMILES string of the molecule is O[C@@H](CNCc1ccccc1OC(F)(F)F)c1ccccc1. The van der Waals surface area contributed by atoms with Gasteiger partial charge < -0.3 is 15.2 Å². The van der Waals surface area contributed by atoms with Gasteiger partial charge in [0.2, 0.25) is 0 Å². The molecule has 0 bridgehead atoms. The number of ether oxygens (including phenoxy) is 1. The minimum Gasteiger partial charge on any atom is -0.405 e. The molecule has 0 amide bonds. The highest BCUT2D eigenvalue weighted by atomic mass is 19.4. The van der Waals surface area contributed by atoms with Crippen LogP contribution in [0.2, 0.25) is 0 Å². The van der Waals surface area contributed by atoms with Gasteiger partial charge in [0.25, 0.3) is 0 Å². The van der Waals surface area contributed by atoms with Gasteiger partial charge in [-0.1, -0.05) is 48.5 Å². The number of alkyl halides is 3. The second kappa shape index (κ2) is 7.29. The zero-order valence-corrected chi connectivity index (χ0v) is 11.7. The highest BCUT2D eigenvalue weighted by Gasteiger charge is 2.31. The van der Waals surface area contributed by atoms with Crippen molar-refractivity contribution in [1.29, 1.82) is 0 Å². The summed E-state index contributed by atoms with van der Waals surface area (Å²) >= 11 is 0. The number of hydrogen-bond acceptors (Lipinski definition) is 3. The summed E-state index contributed by atoms with van der Waals surface area (Å²) in [4.78, 5) is 0. The number of rotatable bonds is 6. The lowest BCUT2D eigenvalue weighted by Crippen LogP contribution is -2.23. The van der Waals surface area contributed by atoms with Crippen LogP contribution < -0.4 is 10.1 Å². The Morgan fingerprint density at radius 3 is 2.32 bits per heavy atom. The largest absolute Gasteiger partial charge is 0.573 e. The van der Waals surface area contributed by atoms with Crippen LogP contribution >= 0.6 is 0 Å². The van der Waals surface area contributed by atoms with Gasteiger partial charge in [-0.2, -0.15) is 0 Å². The predicted octanol–water partition coefficient (Wildman–Crippen LogP) is 3.41. The molecule has 0 aliphatic carbocycles. The van der Waals surface area contributed by atoms with Crippen LogP contribution in [0.4, 0.5) is 13.2 Å². The molecule has 2 rings (SSSR count). The molecule has 0 spiro atoms. The van der Waals surface area contributed by atoms with Crippen molar-refractivity contribution in [2.45, 2.75) is 19.0 Å². The quantitative estimate of drug-likeness (QED) is 0.859. The van der Waals surface area contributed by atoms with Gasteiger partial charge in [0, 0.05) is 18.7 Å². The van der Waals surface area contributed by atoms with Crippen LogP contribution in [-0.2, 0) is 6.54 Å². The molecule has 22 heavy (non-hydrogen) atoms. The number of halogens is 3. The number of nitrogens with one attached hydrogen (secondary N) is 1. The highest BCUT2D eigenvalue weighted by Crippen LogP contribution is 2.26. The Bertz CT molecular complexity index is 587. The van der Waals surface area contributed by atoms with E-state index in [2.05, 4.69) is 10.1 Å². The molecule has 2 aromatic carbocycles. The fourth-order valence-corrected chi connectivity index (χ4v) is 2.01. The topological polar surface area (TPSA) is 41.5 Å². The molecule has 0 heterocycles. The van der Waals surface area contributed by atoms with Crippen LogP contribution in [0.3, 0.4) is 0 Å². The zero-order chi connectivity index (χ0) is 16.0. The molecular weight excluding hydrogens is 295 g/mol. The van der Waals surface area contributed by atoms with Gasteiger partial charge in [0.05, 0.1) is 6.10 Å². The van der Waals surface area contributed by atoms with E-state index in [-0.39, 0.29) is 18.8 Å². The molecular formula is C16H16F3NO2. The van der Waals surface area contributed by atoms with Crippen molar-refractivity contribution in [3.8, 4) is 5.75 Å². The maximum atomic E-state index is 12.3. The smallest absolute Gasteiger partial charge is 0.405 e. The summed E-state index contributed by atoms with van der Waals surface area (Å²) in [5.74, 6) is -0.239. The Hall–Kier alpha value is -2.05. The Morgan fingerprint density at radius 1 is 1.00 bits per heavy atom. The van der Waals surface area contributed by atoms with Crippen molar-refractivity contribution in [3.05, 3.63) is 65.7 Å². The molecule has 1 atom stereocenters. The Labute approximate surface area is 126 Å². The van der Waals surface area contributed by atoms with E-state index in [1.165, 1.54) is 12.1 Å². The average molecular weight is 311 g/mol. The Kier molecular flexibility index (Phi) is 5.41. The number of para-hydroxylation sites is 1. The van der Waals surface area contributed by atoms with Crippen LogP contribution in [0, 0.1) is 0 Å². The van der Waals surface area contributed by atoms with Crippen LogP contribution in [0.5, 0.6) is 5.75 Å². The Morgan fingerprint density at radius 2 is 1.64 bits per heavy atom. The number of benzene rings is 2. The van der Waals surface area contributed by atoms with Gasteiger partial charge in [-0.3, -0.25) is 0 Å². The normalized spacial score (nSPS) is 12.9. The first-order chi connectivity index (χ1) is 10.5. The number of aliphatic hydroxyl groups is 1. The fraction of sp³-hybridized carbons (Fsp3) is 0.250. The van der Waals surface area contributed by atoms with Gasteiger partial charge in [-0.05, 0) is 11.6 Å². The first-order valence-corrected chi connectivity index (χ1v) is 6.73. The Balaban J connectivity index is 1.92. The van der Waals surface area contributed by atoms with E-state index in [0.29, 0.717) is 5.56 Å². The van der Waals surface area contributed by atoms with E-state index in [0.717, 1.165) is 5.56 Å². The molecule has 0 saturated heterocycles.